The van der Waals surface area contributed by atoms with Gasteiger partial charge in [0.2, 0.25) is 0 Å². The molecule has 0 aliphatic carbocycles. The second kappa shape index (κ2) is 16.0. The molecule has 0 heterocycles. The lowest BCUT2D eigenvalue weighted by Gasteiger charge is -2.16. The van der Waals surface area contributed by atoms with Crippen molar-refractivity contribution in [3.63, 3.8) is 0 Å². The normalized spacial score (nSPS) is 12.8. The van der Waals surface area contributed by atoms with E-state index >= 15 is 0 Å². The molecule has 232 valence electrons. The third-order valence-corrected chi connectivity index (χ3v) is 8.29. The number of hydrogen-bond donors (Lipinski definition) is 2. The van der Waals surface area contributed by atoms with Gasteiger partial charge in [-0.15, -0.1) is 0 Å². The summed E-state index contributed by atoms with van der Waals surface area (Å²) in [6, 6.07) is 40.4. The molecule has 5 aromatic rings. The van der Waals surface area contributed by atoms with E-state index in [9.17, 15) is 0 Å². The van der Waals surface area contributed by atoms with Crippen LogP contribution in [0.2, 0.25) is 0 Å². The average Bonchev–Trinajstić information content (AvgIpc) is 3.11. The van der Waals surface area contributed by atoms with Gasteiger partial charge in [0.05, 0.1) is 0 Å². The Morgan fingerprint density at radius 1 is 0.787 bits per heavy atom. The van der Waals surface area contributed by atoms with Crippen molar-refractivity contribution in [1.82, 2.24) is 0 Å². The Balaban J connectivity index is 1.47. The zero-order chi connectivity index (χ0) is 33.0. The molecule has 0 saturated heterocycles. The predicted molar refractivity (Wildman–Crippen MR) is 207 cm³/mol. The molecule has 2 N–H and O–H groups in total. The number of anilines is 2. The van der Waals surface area contributed by atoms with Crippen LogP contribution in [-0.4, -0.2) is 6.21 Å². The summed E-state index contributed by atoms with van der Waals surface area (Å²) < 4.78 is 0. The fourth-order valence-corrected chi connectivity index (χ4v) is 5.75. The highest BCUT2D eigenvalue weighted by Gasteiger charge is 2.11. The molecule has 47 heavy (non-hydrogen) atoms. The van der Waals surface area contributed by atoms with Crippen LogP contribution in [0.15, 0.2) is 165 Å². The van der Waals surface area contributed by atoms with E-state index < -0.39 is 0 Å². The maximum absolute atomic E-state index is 7.74. The number of fused-ring (bicyclic) bond motifs is 1. The van der Waals surface area contributed by atoms with Gasteiger partial charge in [-0.25, -0.2) is 0 Å². The molecular weight excluding hydrogens is 569 g/mol. The van der Waals surface area contributed by atoms with E-state index in [1.807, 2.05) is 31.2 Å². The van der Waals surface area contributed by atoms with Gasteiger partial charge in [-0.05, 0) is 87.4 Å². The van der Waals surface area contributed by atoms with Crippen LogP contribution in [0.5, 0.6) is 0 Å². The smallest absolute Gasteiger partial charge is 0.0469 e. The largest absolute Gasteiger partial charge is 0.355 e. The van der Waals surface area contributed by atoms with Gasteiger partial charge in [-0.1, -0.05) is 154 Å². The summed E-state index contributed by atoms with van der Waals surface area (Å²) in [6.45, 7) is 12.5. The van der Waals surface area contributed by atoms with Crippen molar-refractivity contribution >= 4 is 51.2 Å². The highest BCUT2D eigenvalue weighted by atomic mass is 14.9. The molecule has 0 bridgehead atoms. The van der Waals surface area contributed by atoms with Gasteiger partial charge < -0.3 is 10.7 Å². The first-order valence-corrected chi connectivity index (χ1v) is 16.1. The first-order chi connectivity index (χ1) is 23.0. The molecule has 0 aliphatic heterocycles. The van der Waals surface area contributed by atoms with Crippen LogP contribution in [0.3, 0.4) is 0 Å². The highest BCUT2D eigenvalue weighted by Crippen LogP contribution is 2.32. The lowest BCUT2D eigenvalue weighted by atomic mass is 9.92. The van der Waals surface area contributed by atoms with E-state index in [0.29, 0.717) is 5.92 Å². The summed E-state index contributed by atoms with van der Waals surface area (Å²) in [6.07, 6.45) is 16.8. The van der Waals surface area contributed by atoms with Gasteiger partial charge in [-0.2, -0.15) is 0 Å². The maximum atomic E-state index is 7.74. The van der Waals surface area contributed by atoms with Crippen molar-refractivity contribution in [1.29, 1.82) is 5.41 Å². The average molecular weight is 611 g/mol. The zero-order valence-electron chi connectivity index (χ0n) is 27.3. The minimum absolute atomic E-state index is 0.293. The van der Waals surface area contributed by atoms with E-state index in [-0.39, 0.29) is 0 Å². The SMILES string of the molecule is C=C/C=C(\C=N)c1ccc(C(/C=C\C)=C/c2ccc(C(=C)/C=C\C(CC)c3ccc4ccccc4c3)c(Nc3ccccc3)c2)cc1. The summed E-state index contributed by atoms with van der Waals surface area (Å²) in [5.41, 5.74) is 10.4. The fourth-order valence-electron chi connectivity index (χ4n) is 5.75. The number of allylic oxidation sites excluding steroid dienone is 9. The Kier molecular flexibility index (Phi) is 11.1. The lowest BCUT2D eigenvalue weighted by Crippen LogP contribution is -1.97. The number of nitrogens with one attached hydrogen (secondary N) is 2. The monoisotopic (exact) mass is 610 g/mol. The van der Waals surface area contributed by atoms with Crippen LogP contribution in [0.25, 0.3) is 33.6 Å². The van der Waals surface area contributed by atoms with Gasteiger partial charge in [-0.3, -0.25) is 0 Å². The molecule has 1 unspecified atom stereocenters. The molecule has 2 heteroatoms. The van der Waals surface area contributed by atoms with Crippen molar-refractivity contribution in [2.45, 2.75) is 26.2 Å². The van der Waals surface area contributed by atoms with E-state index in [2.05, 4.69) is 153 Å². The second-order valence-electron chi connectivity index (χ2n) is 11.5. The quantitative estimate of drug-likeness (QED) is 0.0776. The first-order valence-electron chi connectivity index (χ1n) is 16.1. The third kappa shape index (κ3) is 8.31. The Morgan fingerprint density at radius 3 is 2.17 bits per heavy atom. The maximum Gasteiger partial charge on any atom is 0.0469 e. The van der Waals surface area contributed by atoms with Crippen molar-refractivity contribution in [2.75, 3.05) is 5.32 Å². The molecule has 0 aliphatic rings. The zero-order valence-corrected chi connectivity index (χ0v) is 27.3. The molecule has 0 saturated carbocycles. The topological polar surface area (TPSA) is 35.9 Å². The van der Waals surface area contributed by atoms with E-state index in [1.54, 1.807) is 6.08 Å². The van der Waals surface area contributed by atoms with Gasteiger partial charge >= 0.3 is 0 Å². The number of benzene rings is 5. The Morgan fingerprint density at radius 2 is 1.49 bits per heavy atom. The summed E-state index contributed by atoms with van der Waals surface area (Å²) >= 11 is 0. The Hall–Kier alpha value is -5.73. The van der Waals surface area contributed by atoms with Gasteiger partial charge in [0, 0.05) is 29.1 Å². The molecule has 2 nitrogen and oxygen atoms in total. The van der Waals surface area contributed by atoms with E-state index in [4.69, 9.17) is 5.41 Å². The summed E-state index contributed by atoms with van der Waals surface area (Å²) in [7, 11) is 0. The van der Waals surface area contributed by atoms with Crippen LogP contribution in [0.4, 0.5) is 11.4 Å². The number of rotatable bonds is 13. The molecule has 0 aromatic heterocycles. The van der Waals surface area contributed by atoms with Crippen molar-refractivity contribution in [3.05, 3.63) is 193 Å². The van der Waals surface area contributed by atoms with Crippen LogP contribution >= 0.6 is 0 Å². The molecule has 1 atom stereocenters. The first kappa shape index (κ1) is 32.7. The molecule has 0 radical (unpaired) electrons. The van der Waals surface area contributed by atoms with Crippen LogP contribution in [-0.2, 0) is 0 Å². The molecule has 5 aromatic carbocycles. The van der Waals surface area contributed by atoms with Crippen molar-refractivity contribution in [3.8, 4) is 0 Å². The van der Waals surface area contributed by atoms with Crippen LogP contribution < -0.4 is 5.32 Å². The second-order valence-corrected chi connectivity index (χ2v) is 11.5. The lowest BCUT2D eigenvalue weighted by molar-refractivity contribution is 0.807. The standard InChI is InChI=1S/C45H42N2/c1-5-13-39(37-22-24-38(25-23-37)42(32-46)14-6-2)29-34-20-28-44(45(30-34)47-43-17-9-8-10-18-43)33(4)19-21-35(7-3)41-27-26-36-15-11-12-16-40(36)31-41/h5-6,8-32,35,46-47H,2,4,7H2,1,3H3/b13-5-,21-19-,39-29+,42-14+,46-32?. The number of para-hydroxylation sites is 1. The highest BCUT2D eigenvalue weighted by molar-refractivity contribution is 6.08. The number of hydrogen-bond acceptors (Lipinski definition) is 2. The minimum atomic E-state index is 0.293. The fraction of sp³-hybridized carbons (Fsp3) is 0.0889. The summed E-state index contributed by atoms with van der Waals surface area (Å²) in [5.74, 6) is 0.293. The van der Waals surface area contributed by atoms with Crippen LogP contribution in [0.1, 0.15) is 54.0 Å². The third-order valence-electron chi connectivity index (χ3n) is 8.29. The van der Waals surface area contributed by atoms with Crippen molar-refractivity contribution < 1.29 is 0 Å². The predicted octanol–water partition coefficient (Wildman–Crippen LogP) is 12.7. The van der Waals surface area contributed by atoms with Crippen LogP contribution in [0, 0.1) is 5.41 Å². The van der Waals surface area contributed by atoms with Gasteiger partial charge in [0.15, 0.2) is 0 Å². The van der Waals surface area contributed by atoms with Crippen molar-refractivity contribution in [2.24, 2.45) is 0 Å². The molecular formula is C45H42N2. The molecule has 5 rings (SSSR count). The molecule has 0 amide bonds. The summed E-state index contributed by atoms with van der Waals surface area (Å²) in [5, 5.41) is 13.9. The summed E-state index contributed by atoms with van der Waals surface area (Å²) in [4.78, 5) is 0. The van der Waals surface area contributed by atoms with E-state index in [0.717, 1.165) is 56.8 Å². The molecule has 0 fully saturated rings. The van der Waals surface area contributed by atoms with Gasteiger partial charge in [0.1, 0.15) is 0 Å². The Bertz CT molecular complexity index is 1990. The van der Waals surface area contributed by atoms with E-state index in [1.165, 1.54) is 22.6 Å². The van der Waals surface area contributed by atoms with Gasteiger partial charge in [0.25, 0.3) is 0 Å². The minimum Gasteiger partial charge on any atom is -0.355 e. The molecule has 0 spiro atoms. The Labute approximate surface area is 280 Å².